The molecule has 2 rings (SSSR count). The number of ether oxygens (including phenoxy) is 1. The van der Waals surface area contributed by atoms with Crippen LogP contribution in [0, 0.1) is 0 Å². The number of aliphatic imine (C=N–C) groups is 1. The summed E-state index contributed by atoms with van der Waals surface area (Å²) in [5, 5.41) is 0. The first-order valence-electron chi connectivity index (χ1n) is 5.08. The van der Waals surface area contributed by atoms with Crippen molar-refractivity contribution in [3.8, 4) is 5.75 Å². The second-order valence-corrected chi connectivity index (χ2v) is 4.62. The van der Waals surface area contributed by atoms with Gasteiger partial charge in [-0.3, -0.25) is 0 Å². The summed E-state index contributed by atoms with van der Waals surface area (Å²) in [7, 11) is 1.65. The van der Waals surface area contributed by atoms with E-state index < -0.39 is 0 Å². The highest BCUT2D eigenvalue weighted by atomic mass is 32.2. The van der Waals surface area contributed by atoms with Crippen LogP contribution in [0.15, 0.2) is 28.1 Å². The number of benzene rings is 1. The number of para-hydroxylation sites is 1. The summed E-state index contributed by atoms with van der Waals surface area (Å²) in [5.41, 5.74) is 0.643. The maximum atomic E-state index is 10.5. The molecule has 0 saturated heterocycles. The molecule has 16 heavy (non-hydrogen) atoms. The molecule has 0 radical (unpaired) electrons. The number of isocyanates is 1. The van der Waals surface area contributed by atoms with Crippen molar-refractivity contribution in [2.45, 2.75) is 23.3 Å². The summed E-state index contributed by atoms with van der Waals surface area (Å²) in [4.78, 5) is 15.5. The molecule has 1 aromatic carbocycles. The van der Waals surface area contributed by atoms with E-state index in [2.05, 4.69) is 4.99 Å². The molecule has 0 aliphatic heterocycles. The Hall–Kier alpha value is -1.25. The predicted octanol–water partition coefficient (Wildman–Crippen LogP) is 2.74. The van der Waals surface area contributed by atoms with Gasteiger partial charge in [0.15, 0.2) is 0 Å². The molecular weight excluding hydrogens is 222 g/mol. The van der Waals surface area contributed by atoms with E-state index in [1.807, 2.05) is 24.5 Å². The van der Waals surface area contributed by atoms with E-state index in [4.69, 9.17) is 4.74 Å². The molecular formula is C12H13NO2S. The SMILES string of the molecule is COc1c(SC)cccc1C1(N=C=O)CC1. The highest BCUT2D eigenvalue weighted by Crippen LogP contribution is 2.53. The highest BCUT2D eigenvalue weighted by Gasteiger charge is 2.47. The first-order chi connectivity index (χ1) is 7.77. The summed E-state index contributed by atoms with van der Waals surface area (Å²) in [6.07, 6.45) is 5.47. The molecule has 4 heteroatoms. The smallest absolute Gasteiger partial charge is 0.235 e. The Morgan fingerprint density at radius 1 is 1.50 bits per heavy atom. The third kappa shape index (κ3) is 1.75. The molecule has 0 unspecified atom stereocenters. The number of carbonyl (C=O) groups excluding carboxylic acids is 1. The number of rotatable bonds is 4. The zero-order valence-corrected chi connectivity index (χ0v) is 10.1. The van der Waals surface area contributed by atoms with Crippen LogP contribution >= 0.6 is 11.8 Å². The molecule has 0 atom stereocenters. The number of methoxy groups -OCH3 is 1. The number of hydrogen-bond donors (Lipinski definition) is 0. The van der Waals surface area contributed by atoms with Gasteiger partial charge in [0.1, 0.15) is 11.3 Å². The second-order valence-electron chi connectivity index (χ2n) is 3.78. The van der Waals surface area contributed by atoms with Crippen molar-refractivity contribution in [3.63, 3.8) is 0 Å². The van der Waals surface area contributed by atoms with Gasteiger partial charge in [0.25, 0.3) is 0 Å². The second kappa shape index (κ2) is 4.32. The van der Waals surface area contributed by atoms with E-state index in [-0.39, 0.29) is 5.54 Å². The zero-order chi connectivity index (χ0) is 11.6. The van der Waals surface area contributed by atoms with E-state index in [1.165, 1.54) is 0 Å². The van der Waals surface area contributed by atoms with Crippen LogP contribution in [0.1, 0.15) is 18.4 Å². The average Bonchev–Trinajstić information content (AvgIpc) is 3.09. The third-order valence-corrected chi connectivity index (χ3v) is 3.65. The molecule has 0 N–H and O–H groups in total. The third-order valence-electron chi connectivity index (χ3n) is 2.89. The van der Waals surface area contributed by atoms with Gasteiger partial charge in [0.2, 0.25) is 6.08 Å². The molecule has 3 nitrogen and oxygen atoms in total. The number of nitrogens with zero attached hydrogens (tertiary/aromatic N) is 1. The lowest BCUT2D eigenvalue weighted by Crippen LogP contribution is -2.05. The Kier molecular flexibility index (Phi) is 3.03. The van der Waals surface area contributed by atoms with Gasteiger partial charge in [0, 0.05) is 10.5 Å². The van der Waals surface area contributed by atoms with Crippen LogP contribution in [0.5, 0.6) is 5.75 Å². The molecule has 1 aliphatic rings. The monoisotopic (exact) mass is 235 g/mol. The quantitative estimate of drug-likeness (QED) is 0.457. The molecule has 0 bridgehead atoms. The van der Waals surface area contributed by atoms with E-state index >= 15 is 0 Å². The average molecular weight is 235 g/mol. The van der Waals surface area contributed by atoms with Gasteiger partial charge in [0.05, 0.1) is 7.11 Å². The van der Waals surface area contributed by atoms with Crippen LogP contribution in [-0.4, -0.2) is 19.4 Å². The van der Waals surface area contributed by atoms with Crippen LogP contribution in [-0.2, 0) is 10.3 Å². The van der Waals surface area contributed by atoms with Crippen LogP contribution in [0.3, 0.4) is 0 Å². The normalized spacial score (nSPS) is 16.4. The Morgan fingerprint density at radius 3 is 2.75 bits per heavy atom. The van der Waals surface area contributed by atoms with E-state index in [1.54, 1.807) is 25.0 Å². The molecule has 0 spiro atoms. The van der Waals surface area contributed by atoms with Gasteiger partial charge in [-0.2, -0.15) is 4.99 Å². The summed E-state index contributed by atoms with van der Waals surface area (Å²) in [6.45, 7) is 0. The minimum absolute atomic E-state index is 0.362. The van der Waals surface area contributed by atoms with Crippen molar-refractivity contribution >= 4 is 17.8 Å². The van der Waals surface area contributed by atoms with Crippen LogP contribution in [0.2, 0.25) is 0 Å². The molecule has 0 heterocycles. The molecule has 1 fully saturated rings. The lowest BCUT2D eigenvalue weighted by atomic mass is 10.0. The fourth-order valence-corrected chi connectivity index (χ4v) is 2.49. The Labute approximate surface area is 98.9 Å². The van der Waals surface area contributed by atoms with Crippen LogP contribution in [0.25, 0.3) is 0 Å². The fourth-order valence-electron chi connectivity index (χ4n) is 1.90. The number of thioether (sulfide) groups is 1. The Bertz CT molecular complexity index is 448. The summed E-state index contributed by atoms with van der Waals surface area (Å²) >= 11 is 1.63. The minimum atomic E-state index is -0.362. The van der Waals surface area contributed by atoms with Crippen LogP contribution in [0.4, 0.5) is 0 Å². The standard InChI is InChI=1S/C12H13NO2S/c1-15-11-9(4-3-5-10(11)16-2)12(6-7-12)13-8-14/h3-5H,6-7H2,1-2H3. The molecule has 1 aliphatic carbocycles. The summed E-state index contributed by atoms with van der Waals surface area (Å²) < 4.78 is 5.43. The molecule has 0 amide bonds. The molecule has 0 aromatic heterocycles. The van der Waals surface area contributed by atoms with Gasteiger partial charge in [-0.05, 0) is 25.2 Å². The van der Waals surface area contributed by atoms with Crippen LogP contribution < -0.4 is 4.74 Å². The highest BCUT2D eigenvalue weighted by molar-refractivity contribution is 7.98. The van der Waals surface area contributed by atoms with Crippen molar-refractivity contribution in [2.24, 2.45) is 4.99 Å². The maximum absolute atomic E-state index is 10.5. The van der Waals surface area contributed by atoms with Gasteiger partial charge >= 0.3 is 0 Å². The van der Waals surface area contributed by atoms with Gasteiger partial charge in [-0.25, -0.2) is 4.79 Å². The Balaban J connectivity index is 2.52. The zero-order valence-electron chi connectivity index (χ0n) is 9.32. The first kappa shape index (κ1) is 11.2. The van der Waals surface area contributed by atoms with Crippen molar-refractivity contribution < 1.29 is 9.53 Å². The first-order valence-corrected chi connectivity index (χ1v) is 6.30. The van der Waals surface area contributed by atoms with E-state index in [0.29, 0.717) is 0 Å². The molecule has 84 valence electrons. The van der Waals surface area contributed by atoms with Crippen molar-refractivity contribution in [3.05, 3.63) is 23.8 Å². The van der Waals surface area contributed by atoms with Gasteiger partial charge in [-0.1, -0.05) is 12.1 Å². The van der Waals surface area contributed by atoms with Crippen molar-refractivity contribution in [1.29, 1.82) is 0 Å². The lowest BCUT2D eigenvalue weighted by molar-refractivity contribution is 0.394. The van der Waals surface area contributed by atoms with Crippen molar-refractivity contribution in [1.82, 2.24) is 0 Å². The Morgan fingerprint density at radius 2 is 2.25 bits per heavy atom. The molecule has 1 saturated carbocycles. The topological polar surface area (TPSA) is 38.7 Å². The van der Waals surface area contributed by atoms with Crippen molar-refractivity contribution in [2.75, 3.05) is 13.4 Å². The lowest BCUT2D eigenvalue weighted by Gasteiger charge is -2.15. The fraction of sp³-hybridized carbons (Fsp3) is 0.417. The minimum Gasteiger partial charge on any atom is -0.495 e. The van der Waals surface area contributed by atoms with E-state index in [9.17, 15) is 4.79 Å². The number of hydrogen-bond acceptors (Lipinski definition) is 4. The predicted molar refractivity (Wildman–Crippen MR) is 63.8 cm³/mol. The summed E-state index contributed by atoms with van der Waals surface area (Å²) in [6, 6.07) is 5.96. The van der Waals surface area contributed by atoms with Gasteiger partial charge < -0.3 is 4.74 Å². The largest absolute Gasteiger partial charge is 0.495 e. The summed E-state index contributed by atoms with van der Waals surface area (Å²) in [5.74, 6) is 0.839. The van der Waals surface area contributed by atoms with Gasteiger partial charge in [-0.15, -0.1) is 11.8 Å². The van der Waals surface area contributed by atoms with E-state index in [0.717, 1.165) is 29.1 Å². The molecule has 1 aromatic rings. The maximum Gasteiger partial charge on any atom is 0.235 e.